The topological polar surface area (TPSA) is 89.4 Å². The third kappa shape index (κ3) is 3.33. The maximum absolute atomic E-state index is 12.4. The van der Waals surface area contributed by atoms with Crippen molar-refractivity contribution in [3.63, 3.8) is 0 Å². The second-order valence-corrected chi connectivity index (χ2v) is 6.28. The molecular formula is C19H19N5O3. The van der Waals surface area contributed by atoms with Crippen LogP contribution in [0.2, 0.25) is 0 Å². The van der Waals surface area contributed by atoms with Crippen molar-refractivity contribution in [3.8, 4) is 0 Å². The molecule has 1 aliphatic rings. The summed E-state index contributed by atoms with van der Waals surface area (Å²) in [5.74, 6) is 0.498. The van der Waals surface area contributed by atoms with E-state index >= 15 is 0 Å². The molecule has 0 spiro atoms. The number of hydrogen-bond acceptors (Lipinski definition) is 5. The highest BCUT2D eigenvalue weighted by Crippen LogP contribution is 2.21. The van der Waals surface area contributed by atoms with Gasteiger partial charge in [0, 0.05) is 20.1 Å². The Hall–Kier alpha value is -3.42. The van der Waals surface area contributed by atoms with E-state index in [2.05, 4.69) is 15.3 Å². The number of pyridine rings is 1. The third-order valence-electron chi connectivity index (χ3n) is 4.56. The van der Waals surface area contributed by atoms with Gasteiger partial charge in [-0.05, 0) is 11.6 Å². The molecule has 1 N–H and O–H groups in total. The summed E-state index contributed by atoms with van der Waals surface area (Å²) in [5, 5.41) is 2.55. The fourth-order valence-electron chi connectivity index (χ4n) is 3.13. The Morgan fingerprint density at radius 1 is 1.22 bits per heavy atom. The van der Waals surface area contributed by atoms with Gasteiger partial charge in [-0.15, -0.1) is 0 Å². The van der Waals surface area contributed by atoms with Gasteiger partial charge in [0.15, 0.2) is 0 Å². The molecule has 1 aromatic carbocycles. The Morgan fingerprint density at radius 2 is 2.04 bits per heavy atom. The average Bonchev–Trinajstić information content (AvgIpc) is 3.09. The van der Waals surface area contributed by atoms with Crippen LogP contribution in [0.3, 0.4) is 0 Å². The number of benzene rings is 1. The zero-order chi connectivity index (χ0) is 18.8. The number of nitrogens with zero attached hydrogens (tertiary/aromatic N) is 4. The summed E-state index contributed by atoms with van der Waals surface area (Å²) in [6.45, 7) is 1.74. The fraction of sp³-hybridized carbons (Fsp3) is 0.263. The number of rotatable bonds is 3. The molecule has 2 aromatic heterocycles. The largest absolute Gasteiger partial charge is 0.445 e. The number of amides is 2. The Kier molecular flexibility index (Phi) is 4.45. The Balaban J connectivity index is 1.49. The molecule has 138 valence electrons. The number of fused-ring (bicyclic) bond motifs is 3. The summed E-state index contributed by atoms with van der Waals surface area (Å²) in [4.78, 5) is 34.5. The monoisotopic (exact) mass is 365 g/mol. The van der Waals surface area contributed by atoms with Gasteiger partial charge in [-0.2, -0.15) is 0 Å². The Morgan fingerprint density at radius 3 is 2.81 bits per heavy atom. The molecule has 3 heterocycles. The minimum atomic E-state index is -0.360. The normalized spacial score (nSPS) is 13.3. The number of ether oxygens (including phenoxy) is 1. The van der Waals surface area contributed by atoms with E-state index in [0.29, 0.717) is 30.8 Å². The molecular weight excluding hydrogens is 346 g/mol. The van der Waals surface area contributed by atoms with Crippen LogP contribution in [0.1, 0.15) is 21.9 Å². The van der Waals surface area contributed by atoms with Crippen LogP contribution in [-0.4, -0.2) is 45.0 Å². The standard InChI is InChI=1S/C19H19N5O3/c1-20-18(25)15-9-14-16(10-21-15)24-8-7-23(11-17(24)22-14)19(26)27-12-13-5-3-2-4-6-13/h2-6,9-10H,7-8,11-12H2,1H3,(H,20,25). The minimum Gasteiger partial charge on any atom is -0.445 e. The van der Waals surface area contributed by atoms with Crippen LogP contribution >= 0.6 is 0 Å². The van der Waals surface area contributed by atoms with Crippen molar-refractivity contribution < 1.29 is 14.3 Å². The summed E-state index contributed by atoms with van der Waals surface area (Å²) >= 11 is 0. The van der Waals surface area contributed by atoms with Crippen molar-refractivity contribution >= 4 is 23.0 Å². The molecule has 0 unspecified atom stereocenters. The molecule has 3 aromatic rings. The first-order valence-corrected chi connectivity index (χ1v) is 8.68. The van der Waals surface area contributed by atoms with E-state index in [4.69, 9.17) is 4.74 Å². The van der Waals surface area contributed by atoms with Gasteiger partial charge in [0.1, 0.15) is 18.1 Å². The first-order valence-electron chi connectivity index (χ1n) is 8.68. The van der Waals surface area contributed by atoms with Crippen LogP contribution in [-0.2, 0) is 24.4 Å². The van der Waals surface area contributed by atoms with Crippen molar-refractivity contribution in [2.24, 2.45) is 0 Å². The molecule has 0 saturated heterocycles. The predicted molar refractivity (Wildman–Crippen MR) is 98.0 cm³/mol. The number of hydrogen-bond donors (Lipinski definition) is 1. The van der Waals surface area contributed by atoms with E-state index in [-0.39, 0.29) is 18.6 Å². The lowest BCUT2D eigenvalue weighted by Crippen LogP contribution is -2.38. The maximum atomic E-state index is 12.4. The van der Waals surface area contributed by atoms with Crippen LogP contribution in [0.15, 0.2) is 42.6 Å². The van der Waals surface area contributed by atoms with Gasteiger partial charge in [-0.25, -0.2) is 14.8 Å². The van der Waals surface area contributed by atoms with E-state index < -0.39 is 0 Å². The van der Waals surface area contributed by atoms with E-state index in [1.54, 1.807) is 24.2 Å². The fourth-order valence-corrected chi connectivity index (χ4v) is 3.13. The highest BCUT2D eigenvalue weighted by atomic mass is 16.6. The summed E-state index contributed by atoms with van der Waals surface area (Å²) in [5.41, 5.74) is 2.82. The smallest absolute Gasteiger partial charge is 0.410 e. The van der Waals surface area contributed by atoms with Crippen molar-refractivity contribution in [2.75, 3.05) is 13.6 Å². The molecule has 0 fully saturated rings. The zero-order valence-corrected chi connectivity index (χ0v) is 14.9. The first kappa shape index (κ1) is 17.0. The predicted octanol–water partition coefficient (Wildman–Crippen LogP) is 1.94. The van der Waals surface area contributed by atoms with Gasteiger partial charge in [0.25, 0.3) is 5.91 Å². The number of imidazole rings is 1. The van der Waals surface area contributed by atoms with Gasteiger partial charge < -0.3 is 14.6 Å². The molecule has 27 heavy (non-hydrogen) atoms. The number of aromatic nitrogens is 3. The minimum absolute atomic E-state index is 0.242. The molecule has 0 bridgehead atoms. The molecule has 8 heteroatoms. The summed E-state index contributed by atoms with van der Waals surface area (Å²) < 4.78 is 7.43. The SMILES string of the molecule is CNC(=O)c1cc2nc3n(c2cn1)CCN(C(=O)OCc1ccccc1)C3. The second-order valence-electron chi connectivity index (χ2n) is 6.28. The van der Waals surface area contributed by atoms with E-state index in [1.807, 2.05) is 34.9 Å². The van der Waals surface area contributed by atoms with Crippen LogP contribution in [0.5, 0.6) is 0 Å². The maximum Gasteiger partial charge on any atom is 0.410 e. The molecule has 0 saturated carbocycles. The molecule has 1 aliphatic heterocycles. The van der Waals surface area contributed by atoms with Gasteiger partial charge in [0.05, 0.1) is 23.8 Å². The Labute approximate surface area is 155 Å². The molecule has 0 atom stereocenters. The van der Waals surface area contributed by atoms with Crippen LogP contribution in [0.4, 0.5) is 4.79 Å². The molecule has 2 amide bonds. The number of carbonyl (C=O) groups is 2. The van der Waals surface area contributed by atoms with Gasteiger partial charge in [-0.1, -0.05) is 30.3 Å². The van der Waals surface area contributed by atoms with Crippen LogP contribution in [0, 0.1) is 0 Å². The van der Waals surface area contributed by atoms with E-state index in [0.717, 1.165) is 16.9 Å². The second kappa shape index (κ2) is 7.06. The molecule has 0 radical (unpaired) electrons. The summed E-state index contributed by atoms with van der Waals surface area (Å²) in [6, 6.07) is 11.2. The van der Waals surface area contributed by atoms with Crippen LogP contribution in [0.25, 0.3) is 11.0 Å². The molecule has 8 nitrogen and oxygen atoms in total. The van der Waals surface area contributed by atoms with Crippen molar-refractivity contribution in [2.45, 2.75) is 19.7 Å². The lowest BCUT2D eigenvalue weighted by atomic mass is 10.2. The summed E-state index contributed by atoms with van der Waals surface area (Å²) in [7, 11) is 1.56. The van der Waals surface area contributed by atoms with E-state index in [1.165, 1.54) is 0 Å². The van der Waals surface area contributed by atoms with E-state index in [9.17, 15) is 9.59 Å². The highest BCUT2D eigenvalue weighted by Gasteiger charge is 2.25. The highest BCUT2D eigenvalue weighted by molar-refractivity contribution is 5.95. The first-order chi connectivity index (χ1) is 13.2. The van der Waals surface area contributed by atoms with Gasteiger partial charge in [0.2, 0.25) is 0 Å². The average molecular weight is 365 g/mol. The van der Waals surface area contributed by atoms with Crippen molar-refractivity contribution in [1.82, 2.24) is 24.8 Å². The number of nitrogens with one attached hydrogen (secondary N) is 1. The van der Waals surface area contributed by atoms with Crippen molar-refractivity contribution in [3.05, 3.63) is 59.7 Å². The molecule has 0 aliphatic carbocycles. The lowest BCUT2D eigenvalue weighted by Gasteiger charge is -2.27. The zero-order valence-electron chi connectivity index (χ0n) is 14.9. The lowest BCUT2D eigenvalue weighted by molar-refractivity contribution is 0.0864. The third-order valence-corrected chi connectivity index (χ3v) is 4.56. The Bertz CT molecular complexity index is 999. The van der Waals surface area contributed by atoms with Crippen molar-refractivity contribution in [1.29, 1.82) is 0 Å². The summed E-state index contributed by atoms with van der Waals surface area (Å²) in [6.07, 6.45) is 1.29. The van der Waals surface area contributed by atoms with Gasteiger partial charge in [-0.3, -0.25) is 9.69 Å². The quantitative estimate of drug-likeness (QED) is 0.766. The van der Waals surface area contributed by atoms with Gasteiger partial charge >= 0.3 is 6.09 Å². The number of carbonyl (C=O) groups excluding carboxylic acids is 2. The molecule has 4 rings (SSSR count). The van der Waals surface area contributed by atoms with Crippen LogP contribution < -0.4 is 5.32 Å².